The number of piperazine rings is 1. The molecule has 0 atom stereocenters. The molecule has 0 aliphatic carbocycles. The molecule has 0 spiro atoms. The van der Waals surface area contributed by atoms with E-state index in [0.29, 0.717) is 37.4 Å². The molecule has 0 saturated carbocycles. The Hall–Kier alpha value is -1.60. The van der Waals surface area contributed by atoms with E-state index in [0.717, 1.165) is 5.56 Å². The number of phenols is 1. The number of ketones is 1. The molecule has 0 radical (unpaired) electrons. The average Bonchev–Trinajstić information content (AvgIpc) is 2.59. The summed E-state index contributed by atoms with van der Waals surface area (Å²) in [6.45, 7) is 7.50. The molecule has 6 nitrogen and oxygen atoms in total. The SMILES string of the molecule is CC(C)(C)c1cc(C(=O)CBr)cc(N2CCN(C(=O)CO)CC2)c1O. The van der Waals surface area contributed by atoms with Gasteiger partial charge in [-0.1, -0.05) is 36.7 Å². The summed E-state index contributed by atoms with van der Waals surface area (Å²) >= 11 is 3.20. The summed E-state index contributed by atoms with van der Waals surface area (Å²) in [7, 11) is 0. The molecule has 1 amide bonds. The number of anilines is 1. The van der Waals surface area contributed by atoms with Gasteiger partial charge < -0.3 is 20.0 Å². The maximum atomic E-state index is 12.2. The number of phenolic OH excluding ortho intramolecular Hbond substituents is 1. The first-order valence-electron chi connectivity index (χ1n) is 8.29. The largest absolute Gasteiger partial charge is 0.505 e. The zero-order valence-electron chi connectivity index (χ0n) is 14.9. The number of Topliss-reactive ketones (excluding diaryl/α,β-unsaturated/α-hetero) is 1. The van der Waals surface area contributed by atoms with Gasteiger partial charge in [-0.25, -0.2) is 0 Å². The van der Waals surface area contributed by atoms with E-state index in [-0.39, 0.29) is 28.2 Å². The van der Waals surface area contributed by atoms with Crippen LogP contribution >= 0.6 is 15.9 Å². The predicted octanol–water partition coefficient (Wildman–Crippen LogP) is 1.91. The van der Waals surface area contributed by atoms with Crippen LogP contribution in [-0.2, 0) is 10.2 Å². The lowest BCUT2D eigenvalue weighted by Gasteiger charge is -2.37. The Morgan fingerprint density at radius 1 is 1.16 bits per heavy atom. The van der Waals surface area contributed by atoms with Crippen molar-refractivity contribution in [3.05, 3.63) is 23.3 Å². The van der Waals surface area contributed by atoms with Gasteiger partial charge in [0.15, 0.2) is 5.78 Å². The maximum Gasteiger partial charge on any atom is 0.248 e. The second kappa shape index (κ2) is 7.74. The van der Waals surface area contributed by atoms with Gasteiger partial charge in [0.05, 0.1) is 11.0 Å². The third kappa shape index (κ3) is 4.33. The number of carbonyl (C=O) groups is 2. The summed E-state index contributed by atoms with van der Waals surface area (Å²) in [6.07, 6.45) is 0. The van der Waals surface area contributed by atoms with Crippen LogP contribution in [0.25, 0.3) is 0 Å². The molecule has 138 valence electrons. The Labute approximate surface area is 156 Å². The third-order valence-electron chi connectivity index (χ3n) is 4.45. The highest BCUT2D eigenvalue weighted by molar-refractivity contribution is 9.09. The molecule has 0 unspecified atom stereocenters. The third-order valence-corrected chi connectivity index (χ3v) is 4.96. The molecular formula is C18H25BrN2O4. The molecule has 1 saturated heterocycles. The van der Waals surface area contributed by atoms with Crippen molar-refractivity contribution in [1.29, 1.82) is 0 Å². The monoisotopic (exact) mass is 412 g/mol. The quantitative estimate of drug-likeness (QED) is 0.582. The van der Waals surface area contributed by atoms with Crippen LogP contribution in [0.15, 0.2) is 12.1 Å². The number of benzene rings is 1. The van der Waals surface area contributed by atoms with E-state index < -0.39 is 6.61 Å². The summed E-state index contributed by atoms with van der Waals surface area (Å²) in [6, 6.07) is 3.48. The number of rotatable bonds is 4. The van der Waals surface area contributed by atoms with Gasteiger partial charge in [-0.3, -0.25) is 9.59 Å². The first kappa shape index (κ1) is 19.7. The lowest BCUT2D eigenvalue weighted by atomic mass is 9.84. The topological polar surface area (TPSA) is 81.1 Å². The Morgan fingerprint density at radius 2 is 1.76 bits per heavy atom. The van der Waals surface area contributed by atoms with E-state index in [1.165, 1.54) is 0 Å². The van der Waals surface area contributed by atoms with Crippen LogP contribution in [0.1, 0.15) is 36.7 Å². The summed E-state index contributed by atoms with van der Waals surface area (Å²) in [5, 5.41) is 20.0. The van der Waals surface area contributed by atoms with Gasteiger partial charge in [0.2, 0.25) is 5.91 Å². The number of hydrogen-bond donors (Lipinski definition) is 2. The molecule has 7 heteroatoms. The Morgan fingerprint density at radius 3 is 2.24 bits per heavy atom. The molecule has 1 aliphatic heterocycles. The standard InChI is InChI=1S/C18H25BrN2O4/c1-18(2,3)13-8-12(15(23)10-19)9-14(17(13)25)20-4-6-21(7-5-20)16(24)11-22/h8-9,22,25H,4-7,10-11H2,1-3H3. The van der Waals surface area contributed by atoms with Crippen molar-refractivity contribution >= 4 is 33.3 Å². The molecule has 1 aliphatic rings. The molecule has 25 heavy (non-hydrogen) atoms. The van der Waals surface area contributed by atoms with Crippen molar-refractivity contribution in [2.75, 3.05) is 43.0 Å². The Bertz CT molecular complexity index is 662. The number of halogens is 1. The summed E-state index contributed by atoms with van der Waals surface area (Å²) in [5.41, 5.74) is 1.59. The van der Waals surface area contributed by atoms with Crippen molar-refractivity contribution in [2.24, 2.45) is 0 Å². The molecule has 1 aromatic carbocycles. The minimum Gasteiger partial charge on any atom is -0.505 e. The number of aliphatic hydroxyl groups is 1. The number of amides is 1. The van der Waals surface area contributed by atoms with Crippen LogP contribution in [0.4, 0.5) is 5.69 Å². The second-order valence-electron chi connectivity index (χ2n) is 7.22. The fourth-order valence-electron chi connectivity index (χ4n) is 2.97. The van der Waals surface area contributed by atoms with Crippen LogP contribution in [0.2, 0.25) is 0 Å². The average molecular weight is 413 g/mol. The van der Waals surface area contributed by atoms with Gasteiger partial charge in [0.25, 0.3) is 0 Å². The summed E-state index contributed by atoms with van der Waals surface area (Å²) in [5.74, 6) is -0.149. The van der Waals surface area contributed by atoms with Crippen LogP contribution in [0.3, 0.4) is 0 Å². The number of hydrogen-bond acceptors (Lipinski definition) is 5. The maximum absolute atomic E-state index is 12.2. The van der Waals surface area contributed by atoms with Crippen molar-refractivity contribution in [1.82, 2.24) is 4.90 Å². The van der Waals surface area contributed by atoms with Crippen molar-refractivity contribution < 1.29 is 19.8 Å². The molecule has 0 bridgehead atoms. The van der Waals surface area contributed by atoms with Crippen LogP contribution in [-0.4, -0.2) is 64.9 Å². The molecule has 0 aromatic heterocycles. The normalized spacial score (nSPS) is 15.4. The number of aliphatic hydroxyl groups excluding tert-OH is 1. The highest BCUT2D eigenvalue weighted by Crippen LogP contribution is 2.39. The molecular weight excluding hydrogens is 388 g/mol. The van der Waals surface area contributed by atoms with E-state index in [9.17, 15) is 14.7 Å². The zero-order chi connectivity index (χ0) is 18.8. The van der Waals surface area contributed by atoms with Gasteiger partial charge in [0, 0.05) is 37.3 Å². The van der Waals surface area contributed by atoms with E-state index in [1.807, 2.05) is 25.7 Å². The highest BCUT2D eigenvalue weighted by atomic mass is 79.9. The Balaban J connectivity index is 2.37. The lowest BCUT2D eigenvalue weighted by Crippen LogP contribution is -2.49. The summed E-state index contributed by atoms with van der Waals surface area (Å²) < 4.78 is 0. The van der Waals surface area contributed by atoms with Crippen molar-refractivity contribution in [2.45, 2.75) is 26.2 Å². The first-order chi connectivity index (χ1) is 11.7. The van der Waals surface area contributed by atoms with Gasteiger partial charge in [-0.2, -0.15) is 0 Å². The Kier molecular flexibility index (Phi) is 6.11. The van der Waals surface area contributed by atoms with Gasteiger partial charge in [-0.15, -0.1) is 0 Å². The fourth-order valence-corrected chi connectivity index (χ4v) is 3.29. The van der Waals surface area contributed by atoms with Gasteiger partial charge in [-0.05, 0) is 17.5 Å². The van der Waals surface area contributed by atoms with Crippen LogP contribution in [0.5, 0.6) is 5.75 Å². The zero-order valence-corrected chi connectivity index (χ0v) is 16.5. The van der Waals surface area contributed by atoms with Gasteiger partial charge >= 0.3 is 0 Å². The molecule has 1 heterocycles. The molecule has 1 aromatic rings. The molecule has 2 N–H and O–H groups in total. The van der Waals surface area contributed by atoms with E-state index in [4.69, 9.17) is 5.11 Å². The van der Waals surface area contributed by atoms with E-state index in [2.05, 4.69) is 15.9 Å². The minimum atomic E-state index is -0.491. The van der Waals surface area contributed by atoms with Gasteiger partial charge in [0.1, 0.15) is 12.4 Å². The second-order valence-corrected chi connectivity index (χ2v) is 7.79. The lowest BCUT2D eigenvalue weighted by molar-refractivity contribution is -0.134. The minimum absolute atomic E-state index is 0.0409. The first-order valence-corrected chi connectivity index (χ1v) is 9.41. The molecule has 2 rings (SSSR count). The smallest absolute Gasteiger partial charge is 0.248 e. The number of alkyl halides is 1. The fraction of sp³-hybridized carbons (Fsp3) is 0.556. The highest BCUT2D eigenvalue weighted by Gasteiger charge is 2.27. The summed E-state index contributed by atoms with van der Waals surface area (Å²) in [4.78, 5) is 27.4. The van der Waals surface area contributed by atoms with Crippen molar-refractivity contribution in [3.8, 4) is 5.75 Å². The van der Waals surface area contributed by atoms with E-state index in [1.54, 1.807) is 17.0 Å². The van der Waals surface area contributed by atoms with Crippen LogP contribution in [0, 0.1) is 0 Å². The number of nitrogens with zero attached hydrogens (tertiary/aromatic N) is 2. The number of carbonyl (C=O) groups excluding carboxylic acids is 2. The number of aromatic hydroxyl groups is 1. The van der Waals surface area contributed by atoms with Crippen molar-refractivity contribution in [3.63, 3.8) is 0 Å². The van der Waals surface area contributed by atoms with Crippen LogP contribution < -0.4 is 4.90 Å². The predicted molar refractivity (Wildman–Crippen MR) is 101 cm³/mol. The van der Waals surface area contributed by atoms with E-state index >= 15 is 0 Å². The molecule has 1 fully saturated rings.